The average molecular weight is 327 g/mol. The first-order valence-electron chi connectivity index (χ1n) is 8.13. The Kier molecular flexibility index (Phi) is 4.59. The first-order valence-corrected chi connectivity index (χ1v) is 8.13. The van der Waals surface area contributed by atoms with Crippen LogP contribution in [-0.2, 0) is 22.7 Å². The Labute approximate surface area is 140 Å². The van der Waals surface area contributed by atoms with E-state index >= 15 is 0 Å². The fraction of sp³-hybridized carbons (Fsp3) is 0.412. The van der Waals surface area contributed by atoms with Crippen molar-refractivity contribution in [2.24, 2.45) is 0 Å². The summed E-state index contributed by atoms with van der Waals surface area (Å²) in [5.41, 5.74) is 1.77. The highest BCUT2D eigenvalue weighted by Gasteiger charge is 2.34. The number of pyridine rings is 1. The van der Waals surface area contributed by atoms with Crippen molar-refractivity contribution in [3.63, 3.8) is 0 Å². The average Bonchev–Trinajstić information content (AvgIpc) is 2.97. The van der Waals surface area contributed by atoms with Gasteiger partial charge in [-0.2, -0.15) is 5.10 Å². The van der Waals surface area contributed by atoms with Crippen molar-refractivity contribution < 1.29 is 9.59 Å². The van der Waals surface area contributed by atoms with Gasteiger partial charge in [0.1, 0.15) is 11.9 Å². The van der Waals surface area contributed by atoms with Gasteiger partial charge in [0.15, 0.2) is 0 Å². The first kappa shape index (κ1) is 16.2. The molecule has 1 unspecified atom stereocenters. The van der Waals surface area contributed by atoms with Crippen LogP contribution in [0.5, 0.6) is 0 Å². The summed E-state index contributed by atoms with van der Waals surface area (Å²) in [5.74, 6) is 0.500. The maximum atomic E-state index is 12.7. The molecule has 0 fully saturated rings. The summed E-state index contributed by atoms with van der Waals surface area (Å²) in [4.78, 5) is 30.7. The van der Waals surface area contributed by atoms with Gasteiger partial charge in [0.25, 0.3) is 0 Å². The second-order valence-corrected chi connectivity index (χ2v) is 5.88. The topological polar surface area (TPSA) is 80.1 Å². The van der Waals surface area contributed by atoms with Gasteiger partial charge in [-0.25, -0.2) is 4.68 Å². The van der Waals surface area contributed by atoms with Crippen LogP contribution in [0.15, 0.2) is 30.6 Å². The van der Waals surface area contributed by atoms with E-state index in [1.165, 1.54) is 0 Å². The van der Waals surface area contributed by atoms with Gasteiger partial charge < -0.3 is 5.32 Å². The molecule has 0 aliphatic carbocycles. The summed E-state index contributed by atoms with van der Waals surface area (Å²) in [7, 11) is 0. The van der Waals surface area contributed by atoms with Crippen LogP contribution in [0.4, 0.5) is 5.82 Å². The van der Waals surface area contributed by atoms with Crippen LogP contribution in [0.2, 0.25) is 0 Å². The number of fused-ring (bicyclic) bond motifs is 1. The van der Waals surface area contributed by atoms with Crippen LogP contribution < -0.4 is 10.2 Å². The van der Waals surface area contributed by atoms with E-state index in [2.05, 4.69) is 15.4 Å². The number of nitrogens with one attached hydrogen (secondary N) is 1. The molecule has 2 amide bonds. The maximum absolute atomic E-state index is 12.7. The van der Waals surface area contributed by atoms with Crippen LogP contribution in [-0.4, -0.2) is 32.6 Å². The number of nitrogens with zero attached hydrogens (tertiary/aromatic N) is 4. The van der Waals surface area contributed by atoms with Gasteiger partial charge in [0, 0.05) is 31.4 Å². The summed E-state index contributed by atoms with van der Waals surface area (Å²) in [5, 5.41) is 7.29. The SMILES string of the molecule is CCC(C(=O)NCc1cccnc1)N1C(=O)CCn2nc(C)cc21. The molecule has 2 aromatic heterocycles. The lowest BCUT2D eigenvalue weighted by Crippen LogP contribution is -2.52. The molecule has 0 spiro atoms. The van der Waals surface area contributed by atoms with Crippen molar-refractivity contribution in [3.05, 3.63) is 41.9 Å². The Morgan fingerprint density at radius 2 is 2.29 bits per heavy atom. The molecule has 2 aromatic rings. The molecule has 0 saturated carbocycles. The highest BCUT2D eigenvalue weighted by molar-refractivity contribution is 6.00. The predicted molar refractivity (Wildman–Crippen MR) is 89.2 cm³/mol. The van der Waals surface area contributed by atoms with Crippen LogP contribution >= 0.6 is 0 Å². The number of rotatable bonds is 5. The predicted octanol–water partition coefficient (Wildman–Crippen LogP) is 1.42. The molecule has 0 bridgehead atoms. The second-order valence-electron chi connectivity index (χ2n) is 5.88. The van der Waals surface area contributed by atoms with Crippen molar-refractivity contribution in [2.75, 3.05) is 4.90 Å². The molecule has 1 aliphatic heterocycles. The normalized spacial score (nSPS) is 15.1. The van der Waals surface area contributed by atoms with E-state index in [1.807, 2.05) is 32.0 Å². The zero-order chi connectivity index (χ0) is 17.1. The minimum absolute atomic E-state index is 0.0363. The third-order valence-electron chi connectivity index (χ3n) is 4.12. The van der Waals surface area contributed by atoms with Gasteiger partial charge in [-0.3, -0.25) is 19.5 Å². The number of aromatic nitrogens is 3. The fourth-order valence-corrected chi connectivity index (χ4v) is 2.97. The molecule has 0 aromatic carbocycles. The van der Waals surface area contributed by atoms with Gasteiger partial charge in [0.05, 0.1) is 12.2 Å². The van der Waals surface area contributed by atoms with Crippen molar-refractivity contribution in [1.82, 2.24) is 20.1 Å². The van der Waals surface area contributed by atoms with Gasteiger partial charge in [0.2, 0.25) is 11.8 Å². The molecule has 3 rings (SSSR count). The highest BCUT2D eigenvalue weighted by Crippen LogP contribution is 2.26. The van der Waals surface area contributed by atoms with E-state index < -0.39 is 6.04 Å². The van der Waals surface area contributed by atoms with E-state index in [4.69, 9.17) is 0 Å². The number of carbonyl (C=O) groups is 2. The summed E-state index contributed by atoms with van der Waals surface area (Å²) in [6.07, 6.45) is 4.30. The van der Waals surface area contributed by atoms with E-state index in [0.717, 1.165) is 11.3 Å². The highest BCUT2D eigenvalue weighted by atomic mass is 16.2. The molecule has 7 nitrogen and oxygen atoms in total. The van der Waals surface area contributed by atoms with Crippen LogP contribution in [0.1, 0.15) is 31.0 Å². The third-order valence-corrected chi connectivity index (χ3v) is 4.12. The van der Waals surface area contributed by atoms with E-state index in [0.29, 0.717) is 31.7 Å². The molecule has 3 heterocycles. The largest absolute Gasteiger partial charge is 0.350 e. The second kappa shape index (κ2) is 6.82. The number of aryl methyl sites for hydroxylation is 2. The van der Waals surface area contributed by atoms with Crippen LogP contribution in [0.3, 0.4) is 0 Å². The molecular formula is C17H21N5O2. The quantitative estimate of drug-likeness (QED) is 0.900. The summed E-state index contributed by atoms with van der Waals surface area (Å²) in [6.45, 7) is 4.75. The fourth-order valence-electron chi connectivity index (χ4n) is 2.97. The summed E-state index contributed by atoms with van der Waals surface area (Å²) >= 11 is 0. The van der Waals surface area contributed by atoms with Crippen LogP contribution in [0, 0.1) is 6.92 Å². The maximum Gasteiger partial charge on any atom is 0.243 e. The Hall–Kier alpha value is -2.70. The molecule has 0 radical (unpaired) electrons. The Morgan fingerprint density at radius 3 is 3.00 bits per heavy atom. The Bertz CT molecular complexity index is 741. The lowest BCUT2D eigenvalue weighted by Gasteiger charge is -2.33. The Balaban J connectivity index is 1.77. The molecule has 1 aliphatic rings. The lowest BCUT2D eigenvalue weighted by molar-refractivity contribution is -0.127. The first-order chi connectivity index (χ1) is 11.6. The summed E-state index contributed by atoms with van der Waals surface area (Å²) in [6, 6.07) is 5.05. The summed E-state index contributed by atoms with van der Waals surface area (Å²) < 4.78 is 1.80. The molecule has 7 heteroatoms. The van der Waals surface area contributed by atoms with E-state index in [1.54, 1.807) is 22.0 Å². The molecule has 1 atom stereocenters. The van der Waals surface area contributed by atoms with E-state index in [9.17, 15) is 9.59 Å². The smallest absolute Gasteiger partial charge is 0.243 e. The monoisotopic (exact) mass is 327 g/mol. The molecular weight excluding hydrogens is 306 g/mol. The number of amides is 2. The van der Waals surface area contributed by atoms with Crippen LogP contribution in [0.25, 0.3) is 0 Å². The number of anilines is 1. The molecule has 0 saturated heterocycles. The molecule has 126 valence electrons. The van der Waals surface area contributed by atoms with Crippen molar-refractivity contribution >= 4 is 17.6 Å². The molecule has 1 N–H and O–H groups in total. The van der Waals surface area contributed by atoms with Gasteiger partial charge in [-0.1, -0.05) is 13.0 Å². The van der Waals surface area contributed by atoms with Crippen molar-refractivity contribution in [1.29, 1.82) is 0 Å². The molecule has 24 heavy (non-hydrogen) atoms. The minimum atomic E-state index is -0.538. The standard InChI is InChI=1S/C17H21N5O2/c1-3-14(17(24)19-11-13-5-4-7-18-10-13)22-15-9-12(2)20-21(15)8-6-16(22)23/h4-5,7,9-10,14H,3,6,8,11H2,1-2H3,(H,19,24). The number of carbonyl (C=O) groups excluding carboxylic acids is 2. The minimum Gasteiger partial charge on any atom is -0.350 e. The van der Waals surface area contributed by atoms with Crippen molar-refractivity contribution in [2.45, 2.75) is 45.8 Å². The lowest BCUT2D eigenvalue weighted by atomic mass is 10.1. The number of hydrogen-bond donors (Lipinski definition) is 1. The Morgan fingerprint density at radius 1 is 1.46 bits per heavy atom. The van der Waals surface area contributed by atoms with Gasteiger partial charge in [-0.15, -0.1) is 0 Å². The van der Waals surface area contributed by atoms with Gasteiger partial charge >= 0.3 is 0 Å². The van der Waals surface area contributed by atoms with Crippen molar-refractivity contribution in [3.8, 4) is 0 Å². The van der Waals surface area contributed by atoms with E-state index in [-0.39, 0.29) is 11.8 Å². The number of hydrogen-bond acceptors (Lipinski definition) is 4. The zero-order valence-electron chi connectivity index (χ0n) is 13.9. The third kappa shape index (κ3) is 3.15. The zero-order valence-corrected chi connectivity index (χ0v) is 13.9. The van der Waals surface area contributed by atoms with Gasteiger partial charge in [-0.05, 0) is 25.0 Å².